The SMILES string of the molecule is N#Cc1ccc(O)cc1.N#Cc1ccc(OC(=O)CCCCCCCCCC(=O)O)cc1.O=C(O)CCCCCCCCCC(=O)O. The number of carboxylic acid groups (broad SMARTS) is 3. The van der Waals surface area contributed by atoms with Crippen molar-refractivity contribution in [3.8, 4) is 23.6 Å². The van der Waals surface area contributed by atoms with Gasteiger partial charge in [0.2, 0.25) is 0 Å². The third-order valence-corrected chi connectivity index (χ3v) is 6.76. The first kappa shape index (κ1) is 42.1. The summed E-state index contributed by atoms with van der Waals surface area (Å²) >= 11 is 0. The number of unbranched alkanes of at least 4 members (excludes halogenated alkanes) is 12. The number of ether oxygens (including phenoxy) is 1. The maximum Gasteiger partial charge on any atom is 0.311 e. The van der Waals surface area contributed by atoms with E-state index in [0.29, 0.717) is 23.3 Å². The molecule has 0 saturated heterocycles. The molecule has 0 fully saturated rings. The zero-order valence-electron chi connectivity index (χ0n) is 27.1. The molecule has 2 rings (SSSR count). The van der Waals surface area contributed by atoms with E-state index < -0.39 is 17.9 Å². The van der Waals surface area contributed by atoms with Crippen molar-refractivity contribution in [2.75, 3.05) is 0 Å². The number of hydrogen-bond acceptors (Lipinski definition) is 8. The molecule has 2 aromatic carbocycles. The molecule has 0 atom stereocenters. The number of nitriles is 2. The quantitative estimate of drug-likeness (QED) is 0.0577. The lowest BCUT2D eigenvalue weighted by atomic mass is 10.1. The van der Waals surface area contributed by atoms with E-state index in [1.807, 2.05) is 12.1 Å². The van der Waals surface area contributed by atoms with Gasteiger partial charge in [0.25, 0.3) is 0 Å². The molecule has 0 unspecified atom stereocenters. The van der Waals surface area contributed by atoms with Gasteiger partial charge in [0, 0.05) is 25.7 Å². The summed E-state index contributed by atoms with van der Waals surface area (Å²) in [5.41, 5.74) is 1.10. The van der Waals surface area contributed by atoms with Crippen LogP contribution >= 0.6 is 0 Å². The van der Waals surface area contributed by atoms with E-state index in [4.69, 9.17) is 35.7 Å². The number of carboxylic acids is 3. The molecule has 256 valence electrons. The summed E-state index contributed by atoms with van der Waals surface area (Å²) in [6, 6.07) is 16.5. The van der Waals surface area contributed by atoms with Crippen LogP contribution in [-0.4, -0.2) is 44.3 Å². The van der Waals surface area contributed by atoms with Gasteiger partial charge in [-0.05, 0) is 74.2 Å². The lowest BCUT2D eigenvalue weighted by Gasteiger charge is -2.04. The first-order valence-corrected chi connectivity index (χ1v) is 16.1. The van der Waals surface area contributed by atoms with Crippen LogP contribution in [0.2, 0.25) is 0 Å². The zero-order valence-corrected chi connectivity index (χ0v) is 27.1. The van der Waals surface area contributed by atoms with Gasteiger partial charge in [0.15, 0.2) is 0 Å². The second kappa shape index (κ2) is 28.6. The minimum absolute atomic E-state index is 0.189. The molecule has 2 aromatic rings. The van der Waals surface area contributed by atoms with Gasteiger partial charge in [-0.2, -0.15) is 10.5 Å². The lowest BCUT2D eigenvalue weighted by molar-refractivity contribution is -0.138. The molecule has 11 heteroatoms. The molecule has 47 heavy (non-hydrogen) atoms. The molecule has 0 aliphatic heterocycles. The number of aromatic hydroxyl groups is 1. The molecule has 0 spiro atoms. The van der Waals surface area contributed by atoms with Crippen molar-refractivity contribution < 1.29 is 44.3 Å². The Morgan fingerprint density at radius 1 is 0.489 bits per heavy atom. The average molecular weight is 653 g/mol. The van der Waals surface area contributed by atoms with Gasteiger partial charge in [0.1, 0.15) is 11.5 Å². The van der Waals surface area contributed by atoms with Crippen molar-refractivity contribution in [1.82, 2.24) is 0 Å². The molecule has 0 radical (unpaired) electrons. The summed E-state index contributed by atoms with van der Waals surface area (Å²) in [4.78, 5) is 42.4. The molecule has 0 saturated carbocycles. The standard InChI is InChI=1S/C18H23NO4.C11H20O4.C7H5NO/c19-14-15-10-12-16(13-11-15)23-18(22)9-7-5-3-1-2-4-6-8-17(20)21;12-10(13)8-6-4-2-1-3-5-7-9-11(14)15;8-5-6-1-3-7(9)4-2-6/h10-13H,1-9H2,(H,20,21);1-9H2,(H,12,13)(H,14,15);1-4,9H. The highest BCUT2D eigenvalue weighted by Gasteiger charge is 2.05. The third kappa shape index (κ3) is 28.3. The molecule has 0 aromatic heterocycles. The topological polar surface area (TPSA) is 206 Å². The maximum absolute atomic E-state index is 11.7. The Balaban J connectivity index is 0.000000751. The predicted molar refractivity (Wildman–Crippen MR) is 176 cm³/mol. The van der Waals surface area contributed by atoms with Crippen molar-refractivity contribution in [2.24, 2.45) is 0 Å². The van der Waals surface area contributed by atoms with Crippen molar-refractivity contribution >= 4 is 23.9 Å². The fourth-order valence-corrected chi connectivity index (χ4v) is 4.18. The number of benzene rings is 2. The predicted octanol–water partition coefficient (Wildman–Crippen LogP) is 7.99. The van der Waals surface area contributed by atoms with Crippen LogP contribution in [0.25, 0.3) is 0 Å². The van der Waals surface area contributed by atoms with Gasteiger partial charge in [-0.1, -0.05) is 64.2 Å². The van der Waals surface area contributed by atoms with Gasteiger partial charge in [-0.15, -0.1) is 0 Å². The monoisotopic (exact) mass is 652 g/mol. The van der Waals surface area contributed by atoms with E-state index >= 15 is 0 Å². The Morgan fingerprint density at radius 3 is 1.11 bits per heavy atom. The van der Waals surface area contributed by atoms with E-state index in [1.54, 1.807) is 36.4 Å². The lowest BCUT2D eigenvalue weighted by Crippen LogP contribution is -2.07. The highest BCUT2D eigenvalue weighted by Crippen LogP contribution is 2.15. The fourth-order valence-electron chi connectivity index (χ4n) is 4.18. The Hall–Kier alpha value is -4.90. The van der Waals surface area contributed by atoms with Crippen LogP contribution in [0.1, 0.15) is 127 Å². The average Bonchev–Trinajstić information content (AvgIpc) is 3.04. The van der Waals surface area contributed by atoms with Gasteiger partial charge in [0.05, 0.1) is 23.3 Å². The van der Waals surface area contributed by atoms with Crippen LogP contribution in [-0.2, 0) is 19.2 Å². The Morgan fingerprint density at radius 2 is 0.787 bits per heavy atom. The van der Waals surface area contributed by atoms with Crippen LogP contribution in [0.4, 0.5) is 0 Å². The van der Waals surface area contributed by atoms with E-state index in [-0.39, 0.29) is 31.0 Å². The molecule has 0 amide bonds. The number of nitrogens with zero attached hydrogens (tertiary/aromatic N) is 2. The van der Waals surface area contributed by atoms with Crippen LogP contribution in [0.3, 0.4) is 0 Å². The molecule has 0 heterocycles. The first-order chi connectivity index (χ1) is 22.6. The normalized spacial score (nSPS) is 9.74. The number of hydrogen-bond donors (Lipinski definition) is 4. The number of phenolic OH excluding ortho intramolecular Hbond substituents is 1. The molecule has 0 bridgehead atoms. The van der Waals surface area contributed by atoms with E-state index in [2.05, 4.69) is 0 Å². The molecule has 11 nitrogen and oxygen atoms in total. The molecule has 0 aliphatic rings. The van der Waals surface area contributed by atoms with Crippen LogP contribution in [0.15, 0.2) is 48.5 Å². The second-order valence-corrected chi connectivity index (χ2v) is 10.9. The Kier molecular flexibility index (Phi) is 25.6. The number of carbonyl (C=O) groups excluding carboxylic acids is 1. The number of esters is 1. The van der Waals surface area contributed by atoms with Crippen molar-refractivity contribution in [1.29, 1.82) is 10.5 Å². The Bertz CT molecular complexity index is 1230. The zero-order chi connectivity index (χ0) is 35.1. The van der Waals surface area contributed by atoms with Crippen molar-refractivity contribution in [3.05, 3.63) is 59.7 Å². The Labute approximate surface area is 277 Å². The molecular formula is C36H48N2O9. The number of carbonyl (C=O) groups is 4. The summed E-state index contributed by atoms with van der Waals surface area (Å²) < 4.78 is 5.19. The van der Waals surface area contributed by atoms with Gasteiger partial charge in [-0.25, -0.2) is 0 Å². The van der Waals surface area contributed by atoms with Crippen molar-refractivity contribution in [2.45, 2.75) is 116 Å². The highest BCUT2D eigenvalue weighted by molar-refractivity contribution is 5.72. The largest absolute Gasteiger partial charge is 0.508 e. The van der Waals surface area contributed by atoms with Gasteiger partial charge >= 0.3 is 23.9 Å². The first-order valence-electron chi connectivity index (χ1n) is 16.1. The van der Waals surface area contributed by atoms with Gasteiger partial charge < -0.3 is 25.2 Å². The summed E-state index contributed by atoms with van der Waals surface area (Å²) in [5.74, 6) is -1.78. The van der Waals surface area contributed by atoms with E-state index in [0.717, 1.165) is 89.9 Å². The van der Waals surface area contributed by atoms with Crippen LogP contribution in [0, 0.1) is 22.7 Å². The minimum Gasteiger partial charge on any atom is -0.508 e. The summed E-state index contributed by atoms with van der Waals surface area (Å²) in [5, 5.41) is 51.0. The molecular weight excluding hydrogens is 604 g/mol. The smallest absolute Gasteiger partial charge is 0.311 e. The summed E-state index contributed by atoms with van der Waals surface area (Å²) in [6.45, 7) is 0. The highest BCUT2D eigenvalue weighted by atomic mass is 16.5. The van der Waals surface area contributed by atoms with E-state index in [9.17, 15) is 19.2 Å². The third-order valence-electron chi connectivity index (χ3n) is 6.76. The number of phenols is 1. The van der Waals surface area contributed by atoms with Gasteiger partial charge in [-0.3, -0.25) is 19.2 Å². The number of rotatable bonds is 21. The number of aliphatic carboxylic acids is 3. The van der Waals surface area contributed by atoms with E-state index in [1.165, 1.54) is 12.1 Å². The molecule has 0 aliphatic carbocycles. The summed E-state index contributed by atoms with van der Waals surface area (Å²) in [6.07, 6.45) is 14.4. The summed E-state index contributed by atoms with van der Waals surface area (Å²) in [7, 11) is 0. The van der Waals surface area contributed by atoms with Crippen LogP contribution < -0.4 is 4.74 Å². The fraction of sp³-hybridized carbons (Fsp3) is 0.500. The van der Waals surface area contributed by atoms with Crippen molar-refractivity contribution in [3.63, 3.8) is 0 Å². The minimum atomic E-state index is -0.731. The van der Waals surface area contributed by atoms with Crippen LogP contribution in [0.5, 0.6) is 11.5 Å². The maximum atomic E-state index is 11.7. The molecule has 4 N–H and O–H groups in total. The second-order valence-electron chi connectivity index (χ2n) is 10.9.